The van der Waals surface area contributed by atoms with Gasteiger partial charge in [-0.25, -0.2) is 9.59 Å². The first kappa shape index (κ1) is 12.0. The molecule has 0 heterocycles. The number of carbonyl (C=O) groups is 2. The summed E-state index contributed by atoms with van der Waals surface area (Å²) < 4.78 is 4.87. The van der Waals surface area contributed by atoms with Crippen molar-refractivity contribution in [2.75, 3.05) is 7.11 Å². The van der Waals surface area contributed by atoms with Crippen LogP contribution in [0, 0.1) is 13.8 Å². The molecule has 86 valence electrons. The lowest BCUT2D eigenvalue weighted by Gasteiger charge is -2.13. The van der Waals surface area contributed by atoms with Crippen molar-refractivity contribution in [3.63, 3.8) is 0 Å². The minimum absolute atomic E-state index is 0.0973. The third-order valence-electron chi connectivity index (χ3n) is 2.45. The standard InChI is InChI=1S/C11H12O5/c1-5-4-7(10(12)13)9(16-3)8(6(5)2)11(14)15/h4H,1-3H3,(H,12,13)(H,14,15). The number of benzene rings is 1. The molecule has 0 bridgehead atoms. The molecule has 0 spiro atoms. The Bertz CT molecular complexity index is 462. The van der Waals surface area contributed by atoms with Gasteiger partial charge in [-0.3, -0.25) is 0 Å². The van der Waals surface area contributed by atoms with E-state index in [4.69, 9.17) is 14.9 Å². The number of carboxylic acids is 2. The first-order chi connectivity index (χ1) is 7.40. The third kappa shape index (κ3) is 1.84. The molecule has 0 atom stereocenters. The molecular weight excluding hydrogens is 212 g/mol. The van der Waals surface area contributed by atoms with E-state index in [0.717, 1.165) is 0 Å². The van der Waals surface area contributed by atoms with E-state index in [2.05, 4.69) is 0 Å². The van der Waals surface area contributed by atoms with Gasteiger partial charge in [-0.2, -0.15) is 0 Å². The molecule has 0 aliphatic heterocycles. The van der Waals surface area contributed by atoms with Gasteiger partial charge in [0.05, 0.1) is 7.11 Å². The third-order valence-corrected chi connectivity index (χ3v) is 2.45. The molecule has 0 aliphatic carbocycles. The molecule has 0 radical (unpaired) electrons. The Balaban J connectivity index is 3.68. The maximum Gasteiger partial charge on any atom is 0.339 e. The molecule has 1 rings (SSSR count). The van der Waals surface area contributed by atoms with Gasteiger partial charge in [0.25, 0.3) is 0 Å². The maximum atomic E-state index is 11.1. The molecule has 0 aliphatic rings. The van der Waals surface area contributed by atoms with Crippen LogP contribution in [0.5, 0.6) is 5.75 Å². The average molecular weight is 224 g/mol. The molecule has 0 fully saturated rings. The number of ether oxygens (including phenoxy) is 1. The van der Waals surface area contributed by atoms with E-state index in [-0.39, 0.29) is 16.9 Å². The fourth-order valence-corrected chi connectivity index (χ4v) is 1.52. The number of rotatable bonds is 3. The summed E-state index contributed by atoms with van der Waals surface area (Å²) in [6.07, 6.45) is 0. The van der Waals surface area contributed by atoms with Crippen LogP contribution >= 0.6 is 0 Å². The van der Waals surface area contributed by atoms with Crippen molar-refractivity contribution < 1.29 is 24.5 Å². The Labute approximate surface area is 92.3 Å². The first-order valence-electron chi connectivity index (χ1n) is 4.55. The lowest BCUT2D eigenvalue weighted by Crippen LogP contribution is -2.10. The predicted molar refractivity (Wildman–Crippen MR) is 56.4 cm³/mol. The van der Waals surface area contributed by atoms with Crippen LogP contribution in [0.1, 0.15) is 31.8 Å². The second-order valence-electron chi connectivity index (χ2n) is 3.38. The lowest BCUT2D eigenvalue weighted by molar-refractivity contribution is 0.0690. The van der Waals surface area contributed by atoms with Crippen molar-refractivity contribution in [1.29, 1.82) is 0 Å². The molecular formula is C11H12O5. The number of aromatic carboxylic acids is 2. The van der Waals surface area contributed by atoms with Gasteiger partial charge in [0.1, 0.15) is 16.9 Å². The highest BCUT2D eigenvalue weighted by molar-refractivity contribution is 6.00. The summed E-state index contributed by atoms with van der Waals surface area (Å²) in [6.45, 7) is 3.28. The number of hydrogen-bond acceptors (Lipinski definition) is 3. The van der Waals surface area contributed by atoms with Crippen molar-refractivity contribution in [2.45, 2.75) is 13.8 Å². The lowest BCUT2D eigenvalue weighted by atomic mass is 9.98. The van der Waals surface area contributed by atoms with Crippen molar-refractivity contribution in [3.8, 4) is 5.75 Å². The summed E-state index contributed by atoms with van der Waals surface area (Å²) in [5, 5.41) is 18.0. The highest BCUT2D eigenvalue weighted by Gasteiger charge is 2.23. The van der Waals surface area contributed by atoms with Crippen LogP contribution in [0.2, 0.25) is 0 Å². The second-order valence-corrected chi connectivity index (χ2v) is 3.38. The van der Waals surface area contributed by atoms with E-state index in [1.807, 2.05) is 0 Å². The van der Waals surface area contributed by atoms with Gasteiger partial charge in [0.15, 0.2) is 0 Å². The predicted octanol–water partition coefficient (Wildman–Crippen LogP) is 1.71. The Kier molecular flexibility index (Phi) is 3.17. The fraction of sp³-hybridized carbons (Fsp3) is 0.273. The van der Waals surface area contributed by atoms with Crippen LogP contribution in [-0.2, 0) is 0 Å². The monoisotopic (exact) mass is 224 g/mol. The molecule has 1 aromatic rings. The SMILES string of the molecule is COc1c(C(=O)O)cc(C)c(C)c1C(=O)O. The summed E-state index contributed by atoms with van der Waals surface area (Å²) in [6, 6.07) is 1.41. The van der Waals surface area contributed by atoms with E-state index in [1.165, 1.54) is 13.2 Å². The summed E-state index contributed by atoms with van der Waals surface area (Å²) >= 11 is 0. The quantitative estimate of drug-likeness (QED) is 0.816. The van der Waals surface area contributed by atoms with Gasteiger partial charge in [-0.15, -0.1) is 0 Å². The van der Waals surface area contributed by atoms with Gasteiger partial charge < -0.3 is 14.9 Å². The van der Waals surface area contributed by atoms with E-state index < -0.39 is 11.9 Å². The molecule has 5 heteroatoms. The summed E-state index contributed by atoms with van der Waals surface area (Å²) in [7, 11) is 1.25. The number of carboxylic acid groups (broad SMARTS) is 2. The van der Waals surface area contributed by atoms with E-state index >= 15 is 0 Å². The molecule has 16 heavy (non-hydrogen) atoms. The van der Waals surface area contributed by atoms with Crippen LogP contribution < -0.4 is 4.74 Å². The zero-order chi connectivity index (χ0) is 12.5. The Morgan fingerprint density at radius 2 is 1.75 bits per heavy atom. The van der Waals surface area contributed by atoms with E-state index in [0.29, 0.717) is 11.1 Å². The normalized spacial score (nSPS) is 9.94. The number of hydrogen-bond donors (Lipinski definition) is 2. The molecule has 0 unspecified atom stereocenters. The maximum absolute atomic E-state index is 11.1. The highest BCUT2D eigenvalue weighted by atomic mass is 16.5. The minimum Gasteiger partial charge on any atom is -0.495 e. The molecule has 0 saturated heterocycles. The zero-order valence-corrected chi connectivity index (χ0v) is 9.20. The van der Waals surface area contributed by atoms with Gasteiger partial charge in [0.2, 0.25) is 0 Å². The summed E-state index contributed by atoms with van der Waals surface area (Å²) in [5.74, 6) is -2.51. The van der Waals surface area contributed by atoms with Gasteiger partial charge in [-0.1, -0.05) is 0 Å². The molecule has 1 aromatic carbocycles. The molecule has 0 saturated carbocycles. The van der Waals surface area contributed by atoms with Crippen molar-refractivity contribution in [2.24, 2.45) is 0 Å². The summed E-state index contributed by atoms with van der Waals surface area (Å²) in [5.41, 5.74) is 0.882. The van der Waals surface area contributed by atoms with Crippen molar-refractivity contribution >= 4 is 11.9 Å². The van der Waals surface area contributed by atoms with Crippen LogP contribution in [0.3, 0.4) is 0 Å². The largest absolute Gasteiger partial charge is 0.495 e. The number of methoxy groups -OCH3 is 1. The molecule has 0 amide bonds. The van der Waals surface area contributed by atoms with Crippen LogP contribution in [-0.4, -0.2) is 29.3 Å². The topological polar surface area (TPSA) is 83.8 Å². The molecule has 2 N–H and O–H groups in total. The van der Waals surface area contributed by atoms with Gasteiger partial charge in [0, 0.05) is 0 Å². The van der Waals surface area contributed by atoms with Crippen LogP contribution in [0.15, 0.2) is 6.07 Å². The Morgan fingerprint density at radius 1 is 1.19 bits per heavy atom. The Hall–Kier alpha value is -2.04. The minimum atomic E-state index is -1.21. The molecule has 0 aromatic heterocycles. The zero-order valence-electron chi connectivity index (χ0n) is 9.20. The highest BCUT2D eigenvalue weighted by Crippen LogP contribution is 2.29. The smallest absolute Gasteiger partial charge is 0.339 e. The van der Waals surface area contributed by atoms with Crippen LogP contribution in [0.4, 0.5) is 0 Å². The van der Waals surface area contributed by atoms with E-state index in [9.17, 15) is 9.59 Å². The second kappa shape index (κ2) is 4.22. The first-order valence-corrected chi connectivity index (χ1v) is 4.55. The van der Waals surface area contributed by atoms with Gasteiger partial charge in [-0.05, 0) is 31.0 Å². The van der Waals surface area contributed by atoms with Crippen molar-refractivity contribution in [3.05, 3.63) is 28.3 Å². The fourth-order valence-electron chi connectivity index (χ4n) is 1.52. The van der Waals surface area contributed by atoms with Crippen LogP contribution in [0.25, 0.3) is 0 Å². The Morgan fingerprint density at radius 3 is 2.12 bits per heavy atom. The molecule has 5 nitrogen and oxygen atoms in total. The number of aryl methyl sites for hydroxylation is 1. The van der Waals surface area contributed by atoms with E-state index in [1.54, 1.807) is 13.8 Å². The summed E-state index contributed by atoms with van der Waals surface area (Å²) in [4.78, 5) is 22.0. The van der Waals surface area contributed by atoms with Gasteiger partial charge >= 0.3 is 11.9 Å². The van der Waals surface area contributed by atoms with Crippen molar-refractivity contribution in [1.82, 2.24) is 0 Å². The average Bonchev–Trinajstić information content (AvgIpc) is 2.20.